The van der Waals surface area contributed by atoms with Crippen LogP contribution in [0.5, 0.6) is 0 Å². The second-order valence-electron chi connectivity index (χ2n) is 6.25. The SMILES string of the molecule is Cn1nc(CN2CCN(Cc3cn4ccccc4n3)CC2)[nH]c1=O. The number of aromatic nitrogens is 5. The molecule has 0 atom stereocenters. The molecular formula is C16H21N7O. The van der Waals surface area contributed by atoms with E-state index in [9.17, 15) is 4.79 Å². The van der Waals surface area contributed by atoms with Gasteiger partial charge < -0.3 is 4.40 Å². The number of piperazine rings is 1. The van der Waals surface area contributed by atoms with Gasteiger partial charge in [0.2, 0.25) is 0 Å². The van der Waals surface area contributed by atoms with E-state index in [4.69, 9.17) is 0 Å². The van der Waals surface area contributed by atoms with Gasteiger partial charge in [-0.1, -0.05) is 6.07 Å². The predicted octanol–water partition coefficient (Wildman–Crippen LogP) is 0.0739. The van der Waals surface area contributed by atoms with Crippen LogP contribution in [0, 0.1) is 0 Å². The van der Waals surface area contributed by atoms with Crippen molar-refractivity contribution in [2.75, 3.05) is 26.2 Å². The number of imidazole rings is 1. The molecular weight excluding hydrogens is 306 g/mol. The number of fused-ring (bicyclic) bond motifs is 1. The summed E-state index contributed by atoms with van der Waals surface area (Å²) in [4.78, 5) is 23.6. The number of aryl methyl sites for hydroxylation is 1. The van der Waals surface area contributed by atoms with Gasteiger partial charge in [0.25, 0.3) is 0 Å². The summed E-state index contributed by atoms with van der Waals surface area (Å²) in [6.07, 6.45) is 4.12. The number of aromatic amines is 1. The van der Waals surface area contributed by atoms with Crippen LogP contribution in [0.4, 0.5) is 0 Å². The van der Waals surface area contributed by atoms with Gasteiger partial charge in [-0.05, 0) is 12.1 Å². The maximum absolute atomic E-state index is 11.4. The molecule has 4 rings (SSSR count). The van der Waals surface area contributed by atoms with Crippen molar-refractivity contribution in [2.24, 2.45) is 7.05 Å². The number of nitrogens with one attached hydrogen (secondary N) is 1. The van der Waals surface area contributed by atoms with Crippen LogP contribution >= 0.6 is 0 Å². The number of hydrogen-bond acceptors (Lipinski definition) is 5. The molecule has 1 aliphatic heterocycles. The highest BCUT2D eigenvalue weighted by Crippen LogP contribution is 2.11. The van der Waals surface area contributed by atoms with E-state index in [1.807, 2.05) is 24.4 Å². The van der Waals surface area contributed by atoms with E-state index in [2.05, 4.69) is 35.5 Å². The van der Waals surface area contributed by atoms with Crippen molar-refractivity contribution in [3.63, 3.8) is 0 Å². The van der Waals surface area contributed by atoms with E-state index in [1.54, 1.807) is 7.05 Å². The summed E-state index contributed by atoms with van der Waals surface area (Å²) in [7, 11) is 1.66. The van der Waals surface area contributed by atoms with Crippen LogP contribution in [0.1, 0.15) is 11.5 Å². The van der Waals surface area contributed by atoms with Gasteiger partial charge in [-0.2, -0.15) is 5.10 Å². The van der Waals surface area contributed by atoms with Crippen molar-refractivity contribution in [1.29, 1.82) is 0 Å². The highest BCUT2D eigenvalue weighted by molar-refractivity contribution is 5.39. The third-order valence-corrected chi connectivity index (χ3v) is 4.45. The molecule has 1 saturated heterocycles. The summed E-state index contributed by atoms with van der Waals surface area (Å²) in [6, 6.07) is 6.04. The minimum Gasteiger partial charge on any atom is -0.307 e. The highest BCUT2D eigenvalue weighted by Gasteiger charge is 2.19. The normalized spacial score (nSPS) is 16.9. The maximum atomic E-state index is 11.4. The van der Waals surface area contributed by atoms with Crippen LogP contribution in [0.3, 0.4) is 0 Å². The van der Waals surface area contributed by atoms with E-state index in [-0.39, 0.29) is 5.69 Å². The molecule has 24 heavy (non-hydrogen) atoms. The first-order valence-corrected chi connectivity index (χ1v) is 8.17. The molecule has 3 aromatic heterocycles. The summed E-state index contributed by atoms with van der Waals surface area (Å²) in [5.41, 5.74) is 1.93. The molecule has 0 saturated carbocycles. The van der Waals surface area contributed by atoms with Gasteiger partial charge in [0.15, 0.2) is 0 Å². The fourth-order valence-electron chi connectivity index (χ4n) is 3.14. The fraction of sp³-hybridized carbons (Fsp3) is 0.438. The first kappa shape index (κ1) is 15.1. The largest absolute Gasteiger partial charge is 0.343 e. The fourth-order valence-corrected chi connectivity index (χ4v) is 3.14. The Morgan fingerprint density at radius 3 is 2.54 bits per heavy atom. The molecule has 1 N–H and O–H groups in total. The van der Waals surface area contributed by atoms with Crippen LogP contribution in [0.25, 0.3) is 5.65 Å². The summed E-state index contributed by atoms with van der Waals surface area (Å²) < 4.78 is 3.40. The molecule has 8 nitrogen and oxygen atoms in total. The Bertz CT molecular complexity index is 852. The molecule has 0 unspecified atom stereocenters. The zero-order chi connectivity index (χ0) is 16.5. The zero-order valence-corrected chi connectivity index (χ0v) is 13.7. The summed E-state index contributed by atoms with van der Waals surface area (Å²) in [5, 5.41) is 4.20. The number of H-pyrrole nitrogens is 1. The van der Waals surface area contributed by atoms with E-state index < -0.39 is 0 Å². The number of pyridine rings is 1. The molecule has 1 fully saturated rings. The minimum atomic E-state index is -0.157. The topological polar surface area (TPSA) is 74.5 Å². The predicted molar refractivity (Wildman–Crippen MR) is 89.6 cm³/mol. The number of nitrogens with zero attached hydrogens (tertiary/aromatic N) is 6. The maximum Gasteiger partial charge on any atom is 0.343 e. The van der Waals surface area contributed by atoms with Crippen molar-refractivity contribution < 1.29 is 0 Å². The monoisotopic (exact) mass is 327 g/mol. The van der Waals surface area contributed by atoms with Gasteiger partial charge in [-0.25, -0.2) is 14.5 Å². The first-order chi connectivity index (χ1) is 11.7. The Morgan fingerprint density at radius 2 is 1.88 bits per heavy atom. The molecule has 0 radical (unpaired) electrons. The van der Waals surface area contributed by atoms with E-state index in [0.717, 1.165) is 49.9 Å². The molecule has 0 aliphatic carbocycles. The van der Waals surface area contributed by atoms with Gasteiger partial charge in [0.1, 0.15) is 11.5 Å². The standard InChI is InChI=1S/C16H21N7O/c1-20-16(24)18-14(19-20)12-22-8-6-21(7-9-22)10-13-11-23-5-3-2-4-15(23)17-13/h2-5,11H,6-10,12H2,1H3,(H,18,19,24). The van der Waals surface area contributed by atoms with Crippen molar-refractivity contribution in [3.05, 3.63) is 52.6 Å². The van der Waals surface area contributed by atoms with Crippen molar-refractivity contribution in [3.8, 4) is 0 Å². The molecule has 126 valence electrons. The lowest BCUT2D eigenvalue weighted by atomic mass is 10.3. The zero-order valence-electron chi connectivity index (χ0n) is 13.7. The Kier molecular flexibility index (Phi) is 3.91. The third kappa shape index (κ3) is 3.10. The molecule has 0 aromatic carbocycles. The Morgan fingerprint density at radius 1 is 1.12 bits per heavy atom. The molecule has 1 aliphatic rings. The van der Waals surface area contributed by atoms with Crippen LogP contribution in [-0.4, -0.2) is 60.1 Å². The molecule has 4 heterocycles. The molecule has 0 spiro atoms. The summed E-state index contributed by atoms with van der Waals surface area (Å²) >= 11 is 0. The van der Waals surface area contributed by atoms with Crippen LogP contribution in [0.15, 0.2) is 35.4 Å². The lowest BCUT2D eigenvalue weighted by Gasteiger charge is -2.33. The minimum absolute atomic E-state index is 0.157. The van der Waals surface area contributed by atoms with Gasteiger partial charge in [-0.15, -0.1) is 0 Å². The van der Waals surface area contributed by atoms with E-state index >= 15 is 0 Å². The van der Waals surface area contributed by atoms with Crippen molar-refractivity contribution in [2.45, 2.75) is 13.1 Å². The molecule has 8 heteroatoms. The van der Waals surface area contributed by atoms with E-state index in [0.29, 0.717) is 6.54 Å². The average Bonchev–Trinajstić information content (AvgIpc) is 3.12. The van der Waals surface area contributed by atoms with Gasteiger partial charge in [-0.3, -0.25) is 14.8 Å². The second-order valence-corrected chi connectivity index (χ2v) is 6.25. The Balaban J connectivity index is 1.33. The van der Waals surface area contributed by atoms with Crippen molar-refractivity contribution in [1.82, 2.24) is 33.9 Å². The number of rotatable bonds is 4. The molecule has 0 bridgehead atoms. The first-order valence-electron chi connectivity index (χ1n) is 8.17. The van der Waals surface area contributed by atoms with Crippen molar-refractivity contribution >= 4 is 5.65 Å². The molecule has 0 amide bonds. The van der Waals surface area contributed by atoms with Gasteiger partial charge in [0, 0.05) is 52.2 Å². The Hall–Kier alpha value is -2.45. The van der Waals surface area contributed by atoms with Crippen LogP contribution in [0.2, 0.25) is 0 Å². The quantitative estimate of drug-likeness (QED) is 0.734. The lowest BCUT2D eigenvalue weighted by Crippen LogP contribution is -2.45. The second kappa shape index (κ2) is 6.21. The average molecular weight is 327 g/mol. The Labute approximate surface area is 139 Å². The number of hydrogen-bond donors (Lipinski definition) is 1. The van der Waals surface area contributed by atoms with E-state index in [1.165, 1.54) is 4.68 Å². The van der Waals surface area contributed by atoms with Crippen LogP contribution in [-0.2, 0) is 20.1 Å². The third-order valence-electron chi connectivity index (χ3n) is 4.45. The van der Waals surface area contributed by atoms with Crippen LogP contribution < -0.4 is 5.69 Å². The van der Waals surface area contributed by atoms with Gasteiger partial charge in [0.05, 0.1) is 12.2 Å². The summed E-state index contributed by atoms with van der Waals surface area (Å²) in [5.74, 6) is 0.733. The van der Waals surface area contributed by atoms with Gasteiger partial charge >= 0.3 is 5.69 Å². The lowest BCUT2D eigenvalue weighted by molar-refractivity contribution is 0.119. The molecule has 3 aromatic rings. The highest BCUT2D eigenvalue weighted by atomic mass is 16.1. The summed E-state index contributed by atoms with van der Waals surface area (Å²) in [6.45, 7) is 5.47. The smallest absolute Gasteiger partial charge is 0.307 e.